The van der Waals surface area contributed by atoms with E-state index in [0.717, 1.165) is 24.2 Å². The second-order valence-electron chi connectivity index (χ2n) is 6.03. The zero-order chi connectivity index (χ0) is 14.9. The van der Waals surface area contributed by atoms with Crippen LogP contribution in [0.4, 0.5) is 10.1 Å². The maximum Gasteiger partial charge on any atom is 0.123 e. The number of halogens is 1. The number of fused-ring (bicyclic) bond motifs is 2. The van der Waals surface area contributed by atoms with Gasteiger partial charge in [-0.15, -0.1) is 0 Å². The predicted octanol–water partition coefficient (Wildman–Crippen LogP) is 3.24. The van der Waals surface area contributed by atoms with Gasteiger partial charge in [0.2, 0.25) is 0 Å². The van der Waals surface area contributed by atoms with Crippen LogP contribution in [-0.2, 0) is 11.3 Å². The van der Waals surface area contributed by atoms with Crippen molar-refractivity contribution >= 4 is 5.69 Å². The molecule has 2 aromatic carbocycles. The van der Waals surface area contributed by atoms with Crippen LogP contribution in [0.25, 0.3) is 0 Å². The van der Waals surface area contributed by atoms with E-state index in [2.05, 4.69) is 34.9 Å². The molecular formula is C18H19FN2O. The van der Waals surface area contributed by atoms with Crippen molar-refractivity contribution in [1.82, 2.24) is 5.32 Å². The third kappa shape index (κ3) is 2.72. The maximum absolute atomic E-state index is 12.9. The first kappa shape index (κ1) is 13.7. The van der Waals surface area contributed by atoms with Gasteiger partial charge in [-0.1, -0.05) is 24.3 Å². The molecule has 2 aliphatic rings. The summed E-state index contributed by atoms with van der Waals surface area (Å²) < 4.78 is 18.9. The first-order chi connectivity index (χ1) is 10.8. The molecule has 2 saturated heterocycles. The Morgan fingerprint density at radius 2 is 1.86 bits per heavy atom. The molecule has 2 aromatic rings. The smallest absolute Gasteiger partial charge is 0.123 e. The first-order valence-corrected chi connectivity index (χ1v) is 7.75. The molecule has 2 fully saturated rings. The van der Waals surface area contributed by atoms with E-state index < -0.39 is 0 Å². The van der Waals surface area contributed by atoms with Crippen LogP contribution in [-0.4, -0.2) is 18.7 Å². The van der Waals surface area contributed by atoms with E-state index in [4.69, 9.17) is 4.74 Å². The van der Waals surface area contributed by atoms with Gasteiger partial charge in [0.15, 0.2) is 0 Å². The normalized spacial score (nSPS) is 26.3. The molecule has 3 nitrogen and oxygen atoms in total. The number of nitrogens with one attached hydrogen (secondary N) is 2. The van der Waals surface area contributed by atoms with E-state index in [1.54, 1.807) is 12.1 Å². The Hall–Kier alpha value is -1.91. The molecule has 3 atom stereocenters. The molecule has 4 heteroatoms. The maximum atomic E-state index is 12.9. The molecule has 0 saturated carbocycles. The standard InChI is InChI=1S/C18H19FN2O/c19-14-5-1-12(2-6-14)10-20-15-7-3-13(4-8-15)18-17-9-16(22-18)11-21-17/h1-8,16-18,20-21H,9-11H2. The predicted molar refractivity (Wildman–Crippen MR) is 84.2 cm³/mol. The second-order valence-corrected chi connectivity index (χ2v) is 6.03. The van der Waals surface area contributed by atoms with Gasteiger partial charge in [0.1, 0.15) is 5.82 Å². The Balaban J connectivity index is 1.38. The van der Waals surface area contributed by atoms with Crippen molar-refractivity contribution in [3.8, 4) is 0 Å². The van der Waals surface area contributed by atoms with Crippen LogP contribution in [0.5, 0.6) is 0 Å². The number of hydrogen-bond acceptors (Lipinski definition) is 3. The molecule has 3 unspecified atom stereocenters. The van der Waals surface area contributed by atoms with Crippen LogP contribution in [0, 0.1) is 5.82 Å². The number of ether oxygens (including phenoxy) is 1. The fourth-order valence-electron chi connectivity index (χ4n) is 3.28. The van der Waals surface area contributed by atoms with Gasteiger partial charge in [0, 0.05) is 24.8 Å². The molecule has 4 rings (SSSR count). The number of benzene rings is 2. The summed E-state index contributed by atoms with van der Waals surface area (Å²) in [6.07, 6.45) is 1.69. The summed E-state index contributed by atoms with van der Waals surface area (Å²) in [7, 11) is 0. The lowest BCUT2D eigenvalue weighted by Crippen LogP contribution is -2.33. The average molecular weight is 298 g/mol. The zero-order valence-electron chi connectivity index (χ0n) is 12.3. The molecule has 22 heavy (non-hydrogen) atoms. The van der Waals surface area contributed by atoms with E-state index in [-0.39, 0.29) is 11.9 Å². The molecule has 0 aromatic heterocycles. The quantitative estimate of drug-likeness (QED) is 0.909. The summed E-state index contributed by atoms with van der Waals surface area (Å²) in [5.41, 5.74) is 3.35. The van der Waals surface area contributed by atoms with Crippen molar-refractivity contribution in [1.29, 1.82) is 0 Å². The summed E-state index contributed by atoms with van der Waals surface area (Å²) in [6.45, 7) is 1.67. The Kier molecular flexibility index (Phi) is 3.56. The van der Waals surface area contributed by atoms with E-state index in [1.165, 1.54) is 17.7 Å². The molecule has 2 bridgehead atoms. The minimum atomic E-state index is -0.201. The third-order valence-corrected chi connectivity index (χ3v) is 4.48. The highest BCUT2D eigenvalue weighted by Gasteiger charge is 2.41. The van der Waals surface area contributed by atoms with Crippen molar-refractivity contribution in [2.24, 2.45) is 0 Å². The Morgan fingerprint density at radius 3 is 2.50 bits per heavy atom. The number of hydrogen-bond donors (Lipinski definition) is 2. The van der Waals surface area contributed by atoms with E-state index >= 15 is 0 Å². The van der Waals surface area contributed by atoms with E-state index in [0.29, 0.717) is 18.7 Å². The zero-order valence-corrected chi connectivity index (χ0v) is 12.3. The highest BCUT2D eigenvalue weighted by Crippen LogP contribution is 2.37. The van der Waals surface area contributed by atoms with Crippen LogP contribution >= 0.6 is 0 Å². The van der Waals surface area contributed by atoms with Gasteiger partial charge in [-0.25, -0.2) is 4.39 Å². The Morgan fingerprint density at radius 1 is 1.09 bits per heavy atom. The highest BCUT2D eigenvalue weighted by atomic mass is 19.1. The molecule has 2 heterocycles. The Labute approximate surface area is 129 Å². The van der Waals surface area contributed by atoms with Crippen molar-refractivity contribution < 1.29 is 9.13 Å². The Bertz CT molecular complexity index is 641. The molecular weight excluding hydrogens is 279 g/mol. The van der Waals surface area contributed by atoms with Crippen molar-refractivity contribution in [2.45, 2.75) is 31.2 Å². The molecule has 114 valence electrons. The lowest BCUT2D eigenvalue weighted by molar-refractivity contribution is 0.0160. The van der Waals surface area contributed by atoms with E-state index in [9.17, 15) is 4.39 Å². The SMILES string of the molecule is Fc1ccc(CNc2ccc(C3OC4CNC3C4)cc2)cc1. The summed E-state index contributed by atoms with van der Waals surface area (Å²) >= 11 is 0. The molecule has 0 spiro atoms. The van der Waals surface area contributed by atoms with Crippen LogP contribution in [0.3, 0.4) is 0 Å². The summed E-state index contributed by atoms with van der Waals surface area (Å²) in [4.78, 5) is 0. The first-order valence-electron chi connectivity index (χ1n) is 7.75. The molecule has 0 aliphatic carbocycles. The van der Waals surface area contributed by atoms with Gasteiger partial charge in [-0.3, -0.25) is 0 Å². The van der Waals surface area contributed by atoms with Crippen LogP contribution in [0.1, 0.15) is 23.7 Å². The van der Waals surface area contributed by atoms with Crippen LogP contribution in [0.15, 0.2) is 48.5 Å². The van der Waals surface area contributed by atoms with Crippen molar-refractivity contribution in [2.75, 3.05) is 11.9 Å². The number of morpholine rings is 1. The number of anilines is 1. The van der Waals surface area contributed by atoms with Crippen LogP contribution in [0.2, 0.25) is 0 Å². The van der Waals surface area contributed by atoms with Gasteiger partial charge < -0.3 is 15.4 Å². The summed E-state index contributed by atoms with van der Waals surface area (Å²) in [5, 5.41) is 6.85. The topological polar surface area (TPSA) is 33.3 Å². The van der Waals surface area contributed by atoms with Crippen LogP contribution < -0.4 is 10.6 Å². The minimum absolute atomic E-state index is 0.185. The fourth-order valence-corrected chi connectivity index (χ4v) is 3.28. The largest absolute Gasteiger partial charge is 0.381 e. The monoisotopic (exact) mass is 298 g/mol. The summed E-state index contributed by atoms with van der Waals surface area (Å²) in [5.74, 6) is -0.201. The van der Waals surface area contributed by atoms with Gasteiger partial charge in [-0.05, 0) is 41.8 Å². The van der Waals surface area contributed by atoms with Gasteiger partial charge >= 0.3 is 0 Å². The van der Waals surface area contributed by atoms with Crippen molar-refractivity contribution in [3.63, 3.8) is 0 Å². The lowest BCUT2D eigenvalue weighted by Gasteiger charge is -2.23. The average Bonchev–Trinajstić information content (AvgIpc) is 3.18. The lowest BCUT2D eigenvalue weighted by atomic mass is 10.0. The van der Waals surface area contributed by atoms with E-state index in [1.807, 2.05) is 0 Å². The van der Waals surface area contributed by atoms with Gasteiger partial charge in [-0.2, -0.15) is 0 Å². The second kappa shape index (κ2) is 5.71. The third-order valence-electron chi connectivity index (χ3n) is 4.48. The molecule has 2 N–H and O–H groups in total. The van der Waals surface area contributed by atoms with Gasteiger partial charge in [0.05, 0.1) is 12.2 Å². The minimum Gasteiger partial charge on any atom is -0.381 e. The highest BCUT2D eigenvalue weighted by molar-refractivity contribution is 5.46. The molecule has 0 amide bonds. The van der Waals surface area contributed by atoms with Gasteiger partial charge in [0.25, 0.3) is 0 Å². The number of rotatable bonds is 4. The summed E-state index contributed by atoms with van der Waals surface area (Å²) in [6, 6.07) is 15.4. The fraction of sp³-hybridized carbons (Fsp3) is 0.333. The molecule has 0 radical (unpaired) electrons. The molecule has 2 aliphatic heterocycles. The van der Waals surface area contributed by atoms with Crippen molar-refractivity contribution in [3.05, 3.63) is 65.5 Å².